The number of urea groups is 1. The molecule has 5 N–H and O–H groups in total. The van der Waals surface area contributed by atoms with Crippen molar-refractivity contribution in [2.45, 2.75) is 19.2 Å². The second-order valence-corrected chi connectivity index (χ2v) is 8.77. The van der Waals surface area contributed by atoms with Crippen molar-refractivity contribution in [3.8, 4) is 11.1 Å². The SMILES string of the molecule is NC(c1ccc(-c2cccc(NC(=O)NCc3ccccn3)c2)cc1)C(C(=O)O)C(=O)OCc1ccccc1. The van der Waals surface area contributed by atoms with E-state index >= 15 is 0 Å². The maximum absolute atomic E-state index is 12.6. The highest BCUT2D eigenvalue weighted by molar-refractivity contribution is 5.95. The number of nitrogens with zero attached hydrogens (tertiary/aromatic N) is 1. The molecular formula is C30H28N4O5. The number of anilines is 1. The third kappa shape index (κ3) is 7.50. The minimum Gasteiger partial charge on any atom is -0.481 e. The quantitative estimate of drug-likeness (QED) is 0.176. The lowest BCUT2D eigenvalue weighted by Crippen LogP contribution is -2.35. The molecule has 39 heavy (non-hydrogen) atoms. The van der Waals surface area contributed by atoms with E-state index in [-0.39, 0.29) is 12.6 Å². The molecule has 9 heteroatoms. The summed E-state index contributed by atoms with van der Waals surface area (Å²) >= 11 is 0. The van der Waals surface area contributed by atoms with Crippen molar-refractivity contribution in [1.29, 1.82) is 0 Å². The molecule has 9 nitrogen and oxygen atoms in total. The number of amides is 2. The molecule has 2 unspecified atom stereocenters. The van der Waals surface area contributed by atoms with Gasteiger partial charge in [-0.25, -0.2) is 4.79 Å². The molecule has 4 aromatic rings. The zero-order chi connectivity index (χ0) is 27.6. The molecule has 0 radical (unpaired) electrons. The van der Waals surface area contributed by atoms with Gasteiger partial charge in [-0.1, -0.05) is 72.8 Å². The van der Waals surface area contributed by atoms with Crippen LogP contribution in [-0.2, 0) is 27.5 Å². The minimum atomic E-state index is -1.56. The van der Waals surface area contributed by atoms with Crippen molar-refractivity contribution in [3.05, 3.63) is 120 Å². The Morgan fingerprint density at radius 3 is 2.31 bits per heavy atom. The summed E-state index contributed by atoms with van der Waals surface area (Å²) in [6, 6.07) is 27.2. The Bertz CT molecular complexity index is 1410. The Labute approximate surface area is 225 Å². The van der Waals surface area contributed by atoms with E-state index in [0.29, 0.717) is 17.8 Å². The van der Waals surface area contributed by atoms with Gasteiger partial charge in [0.25, 0.3) is 0 Å². The number of carbonyl (C=O) groups is 3. The first-order valence-corrected chi connectivity index (χ1v) is 12.2. The van der Waals surface area contributed by atoms with Crippen LogP contribution >= 0.6 is 0 Å². The van der Waals surface area contributed by atoms with E-state index in [0.717, 1.165) is 22.4 Å². The number of pyridine rings is 1. The number of nitrogens with two attached hydrogens (primary N) is 1. The molecule has 198 valence electrons. The number of nitrogens with one attached hydrogen (secondary N) is 2. The predicted molar refractivity (Wildman–Crippen MR) is 146 cm³/mol. The summed E-state index contributed by atoms with van der Waals surface area (Å²) < 4.78 is 5.23. The zero-order valence-electron chi connectivity index (χ0n) is 21.0. The summed E-state index contributed by atoms with van der Waals surface area (Å²) in [7, 11) is 0. The molecule has 0 aliphatic rings. The van der Waals surface area contributed by atoms with E-state index in [1.807, 2.05) is 36.4 Å². The number of carboxylic acid groups (broad SMARTS) is 1. The summed E-state index contributed by atoms with van der Waals surface area (Å²) in [6.07, 6.45) is 1.66. The number of aromatic nitrogens is 1. The van der Waals surface area contributed by atoms with Crippen molar-refractivity contribution in [1.82, 2.24) is 10.3 Å². The lowest BCUT2D eigenvalue weighted by atomic mass is 9.92. The van der Waals surface area contributed by atoms with Gasteiger partial charge in [0.05, 0.1) is 18.3 Å². The van der Waals surface area contributed by atoms with Gasteiger partial charge in [-0.05, 0) is 46.5 Å². The molecule has 4 rings (SSSR count). The van der Waals surface area contributed by atoms with E-state index < -0.39 is 23.9 Å². The van der Waals surface area contributed by atoms with Crippen LogP contribution in [0.2, 0.25) is 0 Å². The molecule has 2 atom stereocenters. The lowest BCUT2D eigenvalue weighted by molar-refractivity contribution is -0.160. The Hall–Kier alpha value is -5.02. The number of hydrogen-bond acceptors (Lipinski definition) is 6. The average Bonchev–Trinajstić information content (AvgIpc) is 2.96. The Balaban J connectivity index is 1.39. The first-order valence-electron chi connectivity index (χ1n) is 12.2. The third-order valence-corrected chi connectivity index (χ3v) is 6.01. The number of esters is 1. The average molecular weight is 525 g/mol. The van der Waals surface area contributed by atoms with Crippen molar-refractivity contribution in [2.24, 2.45) is 11.7 Å². The fourth-order valence-electron chi connectivity index (χ4n) is 3.94. The van der Waals surface area contributed by atoms with Crippen LogP contribution in [-0.4, -0.2) is 28.1 Å². The Kier molecular flexibility index (Phi) is 8.99. The molecule has 3 aromatic carbocycles. The molecule has 0 bridgehead atoms. The highest BCUT2D eigenvalue weighted by Gasteiger charge is 2.35. The number of carboxylic acids is 1. The van der Waals surface area contributed by atoms with Crippen LogP contribution < -0.4 is 16.4 Å². The third-order valence-electron chi connectivity index (χ3n) is 6.01. The Morgan fingerprint density at radius 1 is 0.872 bits per heavy atom. The van der Waals surface area contributed by atoms with Crippen LogP contribution in [0.4, 0.5) is 10.5 Å². The molecule has 0 saturated carbocycles. The van der Waals surface area contributed by atoms with Gasteiger partial charge in [-0.15, -0.1) is 0 Å². The second kappa shape index (κ2) is 13.0. The van der Waals surface area contributed by atoms with E-state index in [1.165, 1.54) is 0 Å². The maximum atomic E-state index is 12.6. The van der Waals surface area contributed by atoms with Crippen molar-refractivity contribution in [2.75, 3.05) is 5.32 Å². The highest BCUT2D eigenvalue weighted by Crippen LogP contribution is 2.27. The van der Waals surface area contributed by atoms with Crippen molar-refractivity contribution >= 4 is 23.7 Å². The van der Waals surface area contributed by atoms with Gasteiger partial charge in [0.15, 0.2) is 5.92 Å². The number of benzene rings is 3. The van der Waals surface area contributed by atoms with E-state index in [4.69, 9.17) is 10.5 Å². The monoisotopic (exact) mass is 524 g/mol. The molecule has 0 spiro atoms. The molecule has 2 amide bonds. The standard InChI is InChI=1S/C30H28N4O5/c31-27(26(28(35)36)29(37)39-19-20-7-2-1-3-8-20)22-14-12-21(13-15-22)23-9-6-11-24(17-23)34-30(38)33-18-25-10-4-5-16-32-25/h1-17,26-27H,18-19,31H2,(H,35,36)(H2,33,34,38). The largest absolute Gasteiger partial charge is 0.481 e. The highest BCUT2D eigenvalue weighted by atomic mass is 16.5. The number of hydrogen-bond donors (Lipinski definition) is 4. The number of ether oxygens (including phenoxy) is 1. The summed E-state index contributed by atoms with van der Waals surface area (Å²) in [4.78, 5) is 40.9. The summed E-state index contributed by atoms with van der Waals surface area (Å²) in [6.45, 7) is 0.256. The Morgan fingerprint density at radius 2 is 1.62 bits per heavy atom. The predicted octanol–water partition coefficient (Wildman–Crippen LogP) is 4.51. The van der Waals surface area contributed by atoms with Crippen molar-refractivity contribution in [3.63, 3.8) is 0 Å². The van der Waals surface area contributed by atoms with Crippen LogP contribution in [0, 0.1) is 5.92 Å². The van der Waals surface area contributed by atoms with Gasteiger partial charge < -0.3 is 26.2 Å². The van der Waals surface area contributed by atoms with E-state index in [1.54, 1.807) is 66.9 Å². The minimum absolute atomic E-state index is 0.0410. The second-order valence-electron chi connectivity index (χ2n) is 8.77. The van der Waals surface area contributed by atoms with Crippen LogP contribution in [0.3, 0.4) is 0 Å². The molecule has 0 aliphatic heterocycles. The molecule has 1 aromatic heterocycles. The molecule has 0 saturated heterocycles. The van der Waals surface area contributed by atoms with Crippen LogP contribution in [0.1, 0.15) is 22.9 Å². The van der Waals surface area contributed by atoms with Crippen molar-refractivity contribution < 1.29 is 24.2 Å². The fraction of sp³-hybridized carbons (Fsp3) is 0.133. The normalized spacial score (nSPS) is 12.1. The summed E-state index contributed by atoms with van der Waals surface area (Å²) in [5, 5.41) is 15.2. The van der Waals surface area contributed by atoms with E-state index in [9.17, 15) is 19.5 Å². The maximum Gasteiger partial charge on any atom is 0.322 e. The fourth-order valence-corrected chi connectivity index (χ4v) is 3.94. The zero-order valence-corrected chi connectivity index (χ0v) is 21.0. The molecule has 0 aliphatic carbocycles. The molecular weight excluding hydrogens is 496 g/mol. The summed E-state index contributed by atoms with van der Waals surface area (Å²) in [5.74, 6) is -3.82. The van der Waals surface area contributed by atoms with Gasteiger partial charge in [0, 0.05) is 11.9 Å². The molecule has 0 fully saturated rings. The van der Waals surface area contributed by atoms with Gasteiger partial charge in [0.1, 0.15) is 6.61 Å². The first-order chi connectivity index (χ1) is 18.9. The van der Waals surface area contributed by atoms with Crippen LogP contribution in [0.15, 0.2) is 103 Å². The number of aliphatic carboxylic acids is 1. The number of rotatable bonds is 10. The van der Waals surface area contributed by atoms with Gasteiger partial charge in [0.2, 0.25) is 0 Å². The van der Waals surface area contributed by atoms with Crippen LogP contribution in [0.5, 0.6) is 0 Å². The van der Waals surface area contributed by atoms with Gasteiger partial charge in [-0.2, -0.15) is 0 Å². The summed E-state index contributed by atoms with van der Waals surface area (Å²) in [5.41, 5.74) is 10.4. The molecule has 1 heterocycles. The smallest absolute Gasteiger partial charge is 0.322 e. The number of carbonyl (C=O) groups excluding carboxylic acids is 2. The van der Waals surface area contributed by atoms with Gasteiger partial charge >= 0.3 is 18.0 Å². The van der Waals surface area contributed by atoms with Crippen LogP contribution in [0.25, 0.3) is 11.1 Å². The first kappa shape index (κ1) is 27.0. The van der Waals surface area contributed by atoms with E-state index in [2.05, 4.69) is 15.6 Å². The lowest BCUT2D eigenvalue weighted by Gasteiger charge is -2.20. The van der Waals surface area contributed by atoms with Gasteiger partial charge in [-0.3, -0.25) is 14.6 Å². The topological polar surface area (TPSA) is 144 Å².